The number of carbonyl (C=O) groups excluding carboxylic acids is 1. The number of aromatic nitrogens is 2. The lowest BCUT2D eigenvalue weighted by Crippen LogP contribution is -2.30. The van der Waals surface area contributed by atoms with Crippen molar-refractivity contribution in [2.24, 2.45) is 5.92 Å². The van der Waals surface area contributed by atoms with Crippen molar-refractivity contribution in [2.75, 3.05) is 6.54 Å². The molecular weight excluding hydrogens is 271 g/mol. The van der Waals surface area contributed by atoms with Gasteiger partial charge in [-0.2, -0.15) is 13.2 Å². The number of rotatable bonds is 3. The molecule has 2 aromatic heterocycles. The maximum absolute atomic E-state index is 13.0. The summed E-state index contributed by atoms with van der Waals surface area (Å²) in [6.45, 7) is 4.02. The van der Waals surface area contributed by atoms with Gasteiger partial charge in [0.15, 0.2) is 5.69 Å². The Hall–Kier alpha value is -2.05. The Morgan fingerprint density at radius 2 is 2.10 bits per heavy atom. The van der Waals surface area contributed by atoms with Gasteiger partial charge in [0.1, 0.15) is 11.3 Å². The summed E-state index contributed by atoms with van der Waals surface area (Å²) in [6.07, 6.45) is -3.28. The molecule has 0 aliphatic heterocycles. The number of hydrogen-bond donors (Lipinski definition) is 1. The predicted octanol–water partition coefficient (Wildman–Crippen LogP) is 2.74. The van der Waals surface area contributed by atoms with Gasteiger partial charge in [0, 0.05) is 12.7 Å². The topological polar surface area (TPSA) is 46.4 Å². The van der Waals surface area contributed by atoms with E-state index in [0.29, 0.717) is 6.54 Å². The molecule has 0 aliphatic carbocycles. The van der Waals surface area contributed by atoms with Crippen LogP contribution in [-0.2, 0) is 6.18 Å². The summed E-state index contributed by atoms with van der Waals surface area (Å²) in [5.41, 5.74) is -1.55. The molecule has 0 aromatic carbocycles. The number of hydrogen-bond acceptors (Lipinski definition) is 2. The van der Waals surface area contributed by atoms with Gasteiger partial charge in [0.25, 0.3) is 5.91 Å². The number of amides is 1. The molecule has 1 amide bonds. The summed E-state index contributed by atoms with van der Waals surface area (Å²) in [4.78, 5) is 15.5. The van der Waals surface area contributed by atoms with Crippen LogP contribution in [0.3, 0.4) is 0 Å². The highest BCUT2D eigenvalue weighted by molar-refractivity contribution is 5.94. The van der Waals surface area contributed by atoms with Crippen LogP contribution in [0.5, 0.6) is 0 Å². The van der Waals surface area contributed by atoms with E-state index in [-0.39, 0.29) is 11.6 Å². The van der Waals surface area contributed by atoms with Gasteiger partial charge in [-0.1, -0.05) is 19.9 Å². The third kappa shape index (κ3) is 2.76. The van der Waals surface area contributed by atoms with E-state index in [4.69, 9.17) is 0 Å². The van der Waals surface area contributed by atoms with Crippen LogP contribution in [0.4, 0.5) is 13.2 Å². The number of fused-ring (bicyclic) bond motifs is 1. The molecule has 2 aromatic rings. The molecule has 0 radical (unpaired) electrons. The first-order chi connectivity index (χ1) is 9.30. The molecule has 4 nitrogen and oxygen atoms in total. The summed E-state index contributed by atoms with van der Waals surface area (Å²) in [5, 5.41) is 2.49. The van der Waals surface area contributed by atoms with Crippen molar-refractivity contribution in [2.45, 2.75) is 20.0 Å². The molecule has 108 valence electrons. The Balaban J connectivity index is 2.51. The predicted molar refractivity (Wildman–Crippen MR) is 67.4 cm³/mol. The molecule has 2 rings (SSSR count). The summed E-state index contributed by atoms with van der Waals surface area (Å²) in [7, 11) is 0. The van der Waals surface area contributed by atoms with Crippen LogP contribution < -0.4 is 5.32 Å². The number of imidazole rings is 1. The smallest absolute Gasteiger partial charge is 0.350 e. The van der Waals surface area contributed by atoms with Crippen LogP contribution in [0.1, 0.15) is 30.0 Å². The van der Waals surface area contributed by atoms with Crippen molar-refractivity contribution in [1.29, 1.82) is 0 Å². The van der Waals surface area contributed by atoms with E-state index < -0.39 is 23.5 Å². The summed E-state index contributed by atoms with van der Waals surface area (Å²) < 4.78 is 40.1. The van der Waals surface area contributed by atoms with Crippen molar-refractivity contribution < 1.29 is 18.0 Å². The van der Waals surface area contributed by atoms with E-state index >= 15 is 0 Å². The SMILES string of the molecule is CC(C)CNC(=O)c1c(C(F)(F)F)nc2ccccn12. The second-order valence-electron chi connectivity index (χ2n) is 4.84. The summed E-state index contributed by atoms with van der Waals surface area (Å²) in [6, 6.07) is 4.54. The Morgan fingerprint density at radius 3 is 2.70 bits per heavy atom. The lowest BCUT2D eigenvalue weighted by atomic mass is 10.2. The van der Waals surface area contributed by atoms with Gasteiger partial charge < -0.3 is 5.32 Å². The lowest BCUT2D eigenvalue weighted by Gasteiger charge is -2.10. The molecule has 0 spiro atoms. The van der Waals surface area contributed by atoms with Crippen LogP contribution in [0.15, 0.2) is 24.4 Å². The molecule has 2 heterocycles. The van der Waals surface area contributed by atoms with Gasteiger partial charge >= 0.3 is 6.18 Å². The first kappa shape index (κ1) is 14.4. The molecule has 0 bridgehead atoms. The normalized spacial score (nSPS) is 12.1. The molecule has 0 aliphatic rings. The van der Waals surface area contributed by atoms with Crippen molar-refractivity contribution in [3.8, 4) is 0 Å². The first-order valence-electron chi connectivity index (χ1n) is 6.13. The van der Waals surface area contributed by atoms with Crippen molar-refractivity contribution >= 4 is 11.6 Å². The van der Waals surface area contributed by atoms with Crippen molar-refractivity contribution in [3.05, 3.63) is 35.8 Å². The maximum atomic E-state index is 13.0. The van der Waals surface area contributed by atoms with Crippen LogP contribution in [-0.4, -0.2) is 21.8 Å². The fourth-order valence-electron chi connectivity index (χ4n) is 1.79. The highest BCUT2D eigenvalue weighted by Crippen LogP contribution is 2.31. The van der Waals surface area contributed by atoms with Gasteiger partial charge in [-0.15, -0.1) is 0 Å². The summed E-state index contributed by atoms with van der Waals surface area (Å²) >= 11 is 0. The second kappa shape index (κ2) is 5.15. The van der Waals surface area contributed by atoms with Crippen molar-refractivity contribution in [1.82, 2.24) is 14.7 Å². The average molecular weight is 285 g/mol. The zero-order valence-electron chi connectivity index (χ0n) is 11.0. The van der Waals surface area contributed by atoms with Gasteiger partial charge in [0.05, 0.1) is 0 Å². The molecule has 1 N–H and O–H groups in total. The number of alkyl halides is 3. The van der Waals surface area contributed by atoms with E-state index in [1.165, 1.54) is 12.3 Å². The number of carbonyl (C=O) groups is 1. The van der Waals surface area contributed by atoms with Crippen LogP contribution in [0.25, 0.3) is 5.65 Å². The van der Waals surface area contributed by atoms with E-state index in [1.807, 2.05) is 13.8 Å². The summed E-state index contributed by atoms with van der Waals surface area (Å²) in [5.74, 6) is -0.628. The zero-order valence-corrected chi connectivity index (χ0v) is 11.0. The highest BCUT2D eigenvalue weighted by atomic mass is 19.4. The molecule has 20 heavy (non-hydrogen) atoms. The maximum Gasteiger partial charge on any atom is 0.435 e. The first-order valence-corrected chi connectivity index (χ1v) is 6.13. The lowest BCUT2D eigenvalue weighted by molar-refractivity contribution is -0.141. The number of nitrogens with one attached hydrogen (secondary N) is 1. The molecule has 7 heteroatoms. The number of halogens is 3. The molecule has 0 fully saturated rings. The minimum Gasteiger partial charge on any atom is -0.350 e. The van der Waals surface area contributed by atoms with Crippen LogP contribution in [0.2, 0.25) is 0 Å². The second-order valence-corrected chi connectivity index (χ2v) is 4.84. The van der Waals surface area contributed by atoms with Gasteiger partial charge in [-0.05, 0) is 18.1 Å². The molecule has 0 saturated heterocycles. The molecular formula is C13H14F3N3O. The monoisotopic (exact) mass is 285 g/mol. The molecule has 0 unspecified atom stereocenters. The molecule has 0 saturated carbocycles. The standard InChI is InChI=1S/C13H14F3N3O/c1-8(2)7-17-12(20)10-11(13(14,15)16)18-9-5-3-4-6-19(9)10/h3-6,8H,7H2,1-2H3,(H,17,20). The fraction of sp³-hybridized carbons (Fsp3) is 0.385. The largest absolute Gasteiger partial charge is 0.435 e. The van der Waals surface area contributed by atoms with E-state index in [2.05, 4.69) is 10.3 Å². The van der Waals surface area contributed by atoms with Crippen molar-refractivity contribution in [3.63, 3.8) is 0 Å². The van der Waals surface area contributed by atoms with E-state index in [0.717, 1.165) is 4.40 Å². The van der Waals surface area contributed by atoms with Crippen LogP contribution in [0, 0.1) is 5.92 Å². The molecule has 0 atom stereocenters. The minimum atomic E-state index is -4.67. The zero-order chi connectivity index (χ0) is 14.9. The van der Waals surface area contributed by atoms with E-state index in [9.17, 15) is 18.0 Å². The minimum absolute atomic E-state index is 0.0921. The Labute approximate surface area is 113 Å². The fourth-order valence-corrected chi connectivity index (χ4v) is 1.79. The van der Waals surface area contributed by atoms with E-state index in [1.54, 1.807) is 12.1 Å². The van der Waals surface area contributed by atoms with Gasteiger partial charge in [0.2, 0.25) is 0 Å². The quantitative estimate of drug-likeness (QED) is 0.942. The van der Waals surface area contributed by atoms with Gasteiger partial charge in [-0.3, -0.25) is 9.20 Å². The Morgan fingerprint density at radius 1 is 1.40 bits per heavy atom. The van der Waals surface area contributed by atoms with Gasteiger partial charge in [-0.25, -0.2) is 4.98 Å². The van der Waals surface area contributed by atoms with Crippen LogP contribution >= 0.6 is 0 Å². The highest BCUT2D eigenvalue weighted by Gasteiger charge is 2.39. The Kier molecular flexibility index (Phi) is 3.69. The Bertz CT molecular complexity index is 631. The number of nitrogens with zero attached hydrogens (tertiary/aromatic N) is 2. The average Bonchev–Trinajstić information content (AvgIpc) is 2.75. The number of pyridine rings is 1. The third-order valence-corrected chi connectivity index (χ3v) is 2.68. The third-order valence-electron chi connectivity index (χ3n) is 2.68.